The van der Waals surface area contributed by atoms with E-state index >= 15 is 0 Å². The summed E-state index contributed by atoms with van der Waals surface area (Å²) in [6.45, 7) is 1.53. The molecule has 1 aromatic carbocycles. The molecule has 1 rings (SSSR count). The van der Waals surface area contributed by atoms with Gasteiger partial charge in [0.1, 0.15) is 0 Å². The minimum absolute atomic E-state index is 0.00866. The fourth-order valence-corrected chi connectivity index (χ4v) is 1.53. The summed E-state index contributed by atoms with van der Waals surface area (Å²) in [5.41, 5.74) is -0.988. The van der Waals surface area contributed by atoms with Gasteiger partial charge in [0.25, 0.3) is 0 Å². The number of alkyl halides is 3. The van der Waals surface area contributed by atoms with E-state index in [1.165, 1.54) is 6.92 Å². The van der Waals surface area contributed by atoms with E-state index in [2.05, 4.69) is 4.74 Å². The van der Waals surface area contributed by atoms with Crippen LogP contribution < -0.4 is 0 Å². The maximum atomic E-state index is 12.5. The summed E-state index contributed by atoms with van der Waals surface area (Å²) in [6, 6.07) is 2.60. The summed E-state index contributed by atoms with van der Waals surface area (Å²) in [7, 11) is 0. The van der Waals surface area contributed by atoms with E-state index in [1.807, 2.05) is 0 Å². The van der Waals surface area contributed by atoms with Crippen molar-refractivity contribution < 1.29 is 27.5 Å². The van der Waals surface area contributed by atoms with Gasteiger partial charge in [0.05, 0.1) is 12.2 Å². The predicted octanol–water partition coefficient (Wildman–Crippen LogP) is 3.03. The van der Waals surface area contributed by atoms with Gasteiger partial charge in [0, 0.05) is 11.4 Å². The molecule has 104 valence electrons. The molecule has 0 N–H and O–H groups in total. The van der Waals surface area contributed by atoms with Crippen molar-refractivity contribution in [2.24, 2.45) is 0 Å². The number of benzene rings is 1. The molecule has 0 aliphatic carbocycles. The van der Waals surface area contributed by atoms with Crippen LogP contribution in [-0.2, 0) is 26.9 Å². The van der Waals surface area contributed by atoms with E-state index < -0.39 is 29.9 Å². The minimum Gasteiger partial charge on any atom is -0.460 e. The van der Waals surface area contributed by atoms with E-state index in [9.17, 15) is 22.8 Å². The van der Waals surface area contributed by atoms with Gasteiger partial charge in [0.15, 0.2) is 0 Å². The highest BCUT2D eigenvalue weighted by Crippen LogP contribution is 2.31. The zero-order valence-corrected chi connectivity index (χ0v) is 10.6. The molecule has 3 nitrogen and oxygen atoms in total. The van der Waals surface area contributed by atoms with Crippen LogP contribution in [0.4, 0.5) is 13.2 Å². The molecule has 0 bridgehead atoms. The first-order valence-electron chi connectivity index (χ1n) is 5.31. The lowest BCUT2D eigenvalue weighted by Crippen LogP contribution is -2.20. The summed E-state index contributed by atoms with van der Waals surface area (Å²) < 4.78 is 41.9. The topological polar surface area (TPSA) is 43.4 Å². The van der Waals surface area contributed by atoms with Crippen LogP contribution in [0.5, 0.6) is 0 Å². The fourth-order valence-electron chi connectivity index (χ4n) is 1.34. The lowest BCUT2D eigenvalue weighted by Gasteiger charge is -2.09. The summed E-state index contributed by atoms with van der Waals surface area (Å²) in [4.78, 5) is 22.5. The molecule has 1 aromatic rings. The maximum absolute atomic E-state index is 12.5. The standard InChI is InChI=1S/C12H10ClF3O3/c1-2-19-11(18)10(17)6-7-5-8(12(14,15)16)3-4-9(7)13/h3-5H,2,6H2,1H3. The summed E-state index contributed by atoms with van der Waals surface area (Å²) in [6.07, 6.45) is -5.06. The second-order valence-electron chi connectivity index (χ2n) is 3.62. The maximum Gasteiger partial charge on any atom is 0.416 e. The molecule has 0 amide bonds. The van der Waals surface area contributed by atoms with Gasteiger partial charge in [-0.1, -0.05) is 11.6 Å². The zero-order valence-electron chi connectivity index (χ0n) is 9.88. The lowest BCUT2D eigenvalue weighted by atomic mass is 10.1. The molecule has 0 heterocycles. The van der Waals surface area contributed by atoms with Crippen LogP contribution in [0.1, 0.15) is 18.1 Å². The molecule has 0 saturated carbocycles. The van der Waals surface area contributed by atoms with Crippen LogP contribution in [0.3, 0.4) is 0 Å². The van der Waals surface area contributed by atoms with Crippen molar-refractivity contribution in [1.82, 2.24) is 0 Å². The molecule has 7 heteroatoms. The third-order valence-corrected chi connectivity index (χ3v) is 2.60. The molecule has 0 aliphatic rings. The van der Waals surface area contributed by atoms with Crippen LogP contribution in [0.15, 0.2) is 18.2 Å². The van der Waals surface area contributed by atoms with Crippen molar-refractivity contribution in [3.05, 3.63) is 34.3 Å². The minimum atomic E-state index is -4.54. The molecular formula is C12H10ClF3O3. The Hall–Kier alpha value is -1.56. The molecule has 0 aromatic heterocycles. The van der Waals surface area contributed by atoms with E-state index in [4.69, 9.17) is 11.6 Å². The number of esters is 1. The van der Waals surface area contributed by atoms with Gasteiger partial charge >= 0.3 is 12.1 Å². The molecular weight excluding hydrogens is 285 g/mol. The molecule has 19 heavy (non-hydrogen) atoms. The van der Waals surface area contributed by atoms with Gasteiger partial charge in [0.2, 0.25) is 5.78 Å². The number of ether oxygens (including phenoxy) is 1. The predicted molar refractivity (Wildman–Crippen MR) is 61.8 cm³/mol. The third kappa shape index (κ3) is 4.24. The highest BCUT2D eigenvalue weighted by molar-refractivity contribution is 6.35. The van der Waals surface area contributed by atoms with Crippen LogP contribution in [-0.4, -0.2) is 18.4 Å². The van der Waals surface area contributed by atoms with Crippen molar-refractivity contribution in [3.8, 4) is 0 Å². The Bertz CT molecular complexity index is 497. The van der Waals surface area contributed by atoms with E-state index in [0.29, 0.717) is 0 Å². The highest BCUT2D eigenvalue weighted by atomic mass is 35.5. The number of hydrogen-bond donors (Lipinski definition) is 0. The number of carbonyl (C=O) groups is 2. The molecule has 0 atom stereocenters. The number of Topliss-reactive ketones (excluding diaryl/α,β-unsaturated/α-hetero) is 1. The number of rotatable bonds is 4. The van der Waals surface area contributed by atoms with Crippen molar-refractivity contribution in [3.63, 3.8) is 0 Å². The Balaban J connectivity index is 2.95. The number of ketones is 1. The summed E-state index contributed by atoms with van der Waals surface area (Å²) in [5.74, 6) is -2.03. The van der Waals surface area contributed by atoms with Gasteiger partial charge in [-0.05, 0) is 30.7 Å². The quantitative estimate of drug-likeness (QED) is 0.633. The Morgan fingerprint density at radius 2 is 1.95 bits per heavy atom. The smallest absolute Gasteiger partial charge is 0.416 e. The lowest BCUT2D eigenvalue weighted by molar-refractivity contribution is -0.153. The normalized spacial score (nSPS) is 11.2. The van der Waals surface area contributed by atoms with E-state index in [1.54, 1.807) is 0 Å². The molecule has 0 fully saturated rings. The Kier molecular flexibility index (Phi) is 4.94. The first-order valence-corrected chi connectivity index (χ1v) is 5.69. The van der Waals surface area contributed by atoms with Crippen molar-refractivity contribution in [2.75, 3.05) is 6.61 Å². The van der Waals surface area contributed by atoms with E-state index in [0.717, 1.165) is 18.2 Å². The van der Waals surface area contributed by atoms with Crippen LogP contribution in [0.2, 0.25) is 5.02 Å². The number of halogens is 4. The average Bonchev–Trinajstić information content (AvgIpc) is 2.30. The van der Waals surface area contributed by atoms with E-state index in [-0.39, 0.29) is 17.2 Å². The third-order valence-electron chi connectivity index (χ3n) is 2.23. The largest absolute Gasteiger partial charge is 0.460 e. The van der Waals surface area contributed by atoms with Gasteiger partial charge in [-0.25, -0.2) is 4.79 Å². The van der Waals surface area contributed by atoms with Crippen LogP contribution in [0, 0.1) is 0 Å². The van der Waals surface area contributed by atoms with Gasteiger partial charge < -0.3 is 4.74 Å². The Labute approximate surface area is 112 Å². The van der Waals surface area contributed by atoms with Gasteiger partial charge in [-0.2, -0.15) is 13.2 Å². The van der Waals surface area contributed by atoms with Crippen LogP contribution in [0.25, 0.3) is 0 Å². The van der Waals surface area contributed by atoms with Crippen molar-refractivity contribution in [1.29, 1.82) is 0 Å². The highest BCUT2D eigenvalue weighted by Gasteiger charge is 2.31. The molecule has 0 aliphatic heterocycles. The van der Waals surface area contributed by atoms with Crippen molar-refractivity contribution in [2.45, 2.75) is 19.5 Å². The number of carbonyl (C=O) groups excluding carboxylic acids is 2. The molecule has 0 unspecified atom stereocenters. The molecule has 0 saturated heterocycles. The summed E-state index contributed by atoms with van der Waals surface area (Å²) >= 11 is 5.70. The van der Waals surface area contributed by atoms with Crippen LogP contribution >= 0.6 is 11.6 Å². The first kappa shape index (κ1) is 15.5. The Morgan fingerprint density at radius 3 is 2.47 bits per heavy atom. The average molecular weight is 295 g/mol. The monoisotopic (exact) mass is 294 g/mol. The summed E-state index contributed by atoms with van der Waals surface area (Å²) in [5, 5.41) is -0.00866. The fraction of sp³-hybridized carbons (Fsp3) is 0.333. The second-order valence-corrected chi connectivity index (χ2v) is 4.03. The van der Waals surface area contributed by atoms with Gasteiger partial charge in [-0.15, -0.1) is 0 Å². The second kappa shape index (κ2) is 6.06. The van der Waals surface area contributed by atoms with Gasteiger partial charge in [-0.3, -0.25) is 4.79 Å². The molecule has 0 radical (unpaired) electrons. The first-order chi connectivity index (χ1) is 8.75. The van der Waals surface area contributed by atoms with Crippen molar-refractivity contribution >= 4 is 23.4 Å². The Morgan fingerprint density at radius 1 is 1.32 bits per heavy atom. The number of hydrogen-bond acceptors (Lipinski definition) is 3. The zero-order chi connectivity index (χ0) is 14.6. The SMILES string of the molecule is CCOC(=O)C(=O)Cc1cc(C(F)(F)F)ccc1Cl. The molecule has 0 spiro atoms.